The summed E-state index contributed by atoms with van der Waals surface area (Å²) in [5, 5.41) is 0.661. The van der Waals surface area contributed by atoms with Crippen LogP contribution < -0.4 is 15.6 Å². The van der Waals surface area contributed by atoms with Gasteiger partial charge in [0.2, 0.25) is 0 Å². The molecule has 23 heavy (non-hydrogen) atoms. The van der Waals surface area contributed by atoms with E-state index in [1.807, 2.05) is 19.1 Å². The van der Waals surface area contributed by atoms with E-state index in [-0.39, 0.29) is 12.2 Å². The Bertz CT molecular complexity index is 698. The maximum absolute atomic E-state index is 11.9. The van der Waals surface area contributed by atoms with Crippen molar-refractivity contribution in [1.82, 2.24) is 10.9 Å². The Balaban J connectivity index is 1.81. The fourth-order valence-electron chi connectivity index (χ4n) is 1.70. The summed E-state index contributed by atoms with van der Waals surface area (Å²) < 4.78 is 5.29. The highest BCUT2D eigenvalue weighted by molar-refractivity contribution is 6.35. The van der Waals surface area contributed by atoms with E-state index in [9.17, 15) is 9.59 Å². The molecule has 0 spiro atoms. The third-order valence-corrected chi connectivity index (χ3v) is 3.27. The zero-order valence-electron chi connectivity index (χ0n) is 12.2. The van der Waals surface area contributed by atoms with Gasteiger partial charge in [-0.05, 0) is 37.3 Å². The van der Waals surface area contributed by atoms with E-state index in [0.717, 1.165) is 5.56 Å². The van der Waals surface area contributed by atoms with Crippen molar-refractivity contribution >= 4 is 35.0 Å². The number of hydrogen-bond acceptors (Lipinski definition) is 3. The molecule has 0 aliphatic heterocycles. The molecule has 2 N–H and O–H groups in total. The highest BCUT2D eigenvalue weighted by atomic mass is 35.5. The Morgan fingerprint density at radius 3 is 2.22 bits per heavy atom. The number of nitrogens with one attached hydrogen (secondary N) is 2. The number of halogens is 2. The Labute approximate surface area is 143 Å². The number of hydrogen-bond donors (Lipinski definition) is 2. The van der Waals surface area contributed by atoms with E-state index < -0.39 is 11.8 Å². The van der Waals surface area contributed by atoms with Gasteiger partial charge < -0.3 is 4.74 Å². The minimum absolute atomic E-state index is 0.223. The van der Waals surface area contributed by atoms with E-state index >= 15 is 0 Å². The molecule has 0 atom stereocenters. The quantitative estimate of drug-likeness (QED) is 0.830. The van der Waals surface area contributed by atoms with Crippen LogP contribution in [0.2, 0.25) is 10.0 Å². The van der Waals surface area contributed by atoms with Crippen LogP contribution in [0.25, 0.3) is 0 Å². The average Bonchev–Trinajstić information content (AvgIpc) is 2.51. The Morgan fingerprint density at radius 1 is 1.00 bits per heavy atom. The first-order valence-corrected chi connectivity index (χ1v) is 7.44. The summed E-state index contributed by atoms with van der Waals surface area (Å²) >= 11 is 11.6. The van der Waals surface area contributed by atoms with Crippen LogP contribution >= 0.6 is 23.2 Å². The summed E-state index contributed by atoms with van der Waals surface area (Å²) in [7, 11) is 0. The van der Waals surface area contributed by atoms with Gasteiger partial charge in [-0.3, -0.25) is 20.4 Å². The molecule has 2 aromatic carbocycles. The molecule has 0 aliphatic carbocycles. The third-order valence-electron chi connectivity index (χ3n) is 2.83. The van der Waals surface area contributed by atoms with Crippen molar-refractivity contribution in [1.29, 1.82) is 0 Å². The van der Waals surface area contributed by atoms with Gasteiger partial charge in [-0.25, -0.2) is 0 Å². The molecule has 120 valence electrons. The van der Waals surface area contributed by atoms with Gasteiger partial charge in [-0.15, -0.1) is 0 Å². The molecule has 0 heterocycles. The molecule has 0 unspecified atom stereocenters. The van der Waals surface area contributed by atoms with Crippen LogP contribution in [0.3, 0.4) is 0 Å². The van der Waals surface area contributed by atoms with Gasteiger partial charge in [0.15, 0.2) is 6.61 Å². The summed E-state index contributed by atoms with van der Waals surface area (Å²) in [5.74, 6) is -0.455. The Kier molecular flexibility index (Phi) is 5.84. The van der Waals surface area contributed by atoms with Crippen molar-refractivity contribution in [3.05, 3.63) is 63.6 Å². The number of carbonyl (C=O) groups excluding carboxylic acids is 2. The number of aryl methyl sites for hydroxylation is 1. The van der Waals surface area contributed by atoms with Gasteiger partial charge in [-0.2, -0.15) is 0 Å². The van der Waals surface area contributed by atoms with Crippen molar-refractivity contribution in [2.24, 2.45) is 0 Å². The van der Waals surface area contributed by atoms with Gasteiger partial charge in [0.1, 0.15) is 5.75 Å². The molecule has 0 radical (unpaired) electrons. The number of ether oxygens (including phenoxy) is 1. The first-order chi connectivity index (χ1) is 10.9. The monoisotopic (exact) mass is 352 g/mol. The SMILES string of the molecule is Cc1ccc(OCC(=O)NNC(=O)c2cc(Cl)cc(Cl)c2)cc1. The molecule has 5 nitrogen and oxygen atoms in total. The summed E-state index contributed by atoms with van der Waals surface area (Å²) in [4.78, 5) is 23.5. The number of hydrazine groups is 1. The molecule has 2 amide bonds. The molecule has 0 bridgehead atoms. The molecule has 0 fully saturated rings. The van der Waals surface area contributed by atoms with E-state index in [4.69, 9.17) is 27.9 Å². The number of benzene rings is 2. The first-order valence-electron chi connectivity index (χ1n) is 6.69. The maximum Gasteiger partial charge on any atom is 0.276 e. The van der Waals surface area contributed by atoms with E-state index in [1.54, 1.807) is 12.1 Å². The largest absolute Gasteiger partial charge is 0.484 e. The molecule has 0 aromatic heterocycles. The molecule has 0 saturated heterocycles. The first kappa shape index (κ1) is 17.1. The van der Waals surface area contributed by atoms with Crippen molar-refractivity contribution < 1.29 is 14.3 Å². The van der Waals surface area contributed by atoms with Crippen LogP contribution in [-0.2, 0) is 4.79 Å². The lowest BCUT2D eigenvalue weighted by Gasteiger charge is -2.09. The van der Waals surface area contributed by atoms with Crippen LogP contribution in [0.4, 0.5) is 0 Å². The lowest BCUT2D eigenvalue weighted by molar-refractivity contribution is -0.123. The second kappa shape index (κ2) is 7.85. The highest BCUT2D eigenvalue weighted by Gasteiger charge is 2.09. The van der Waals surface area contributed by atoms with E-state index in [2.05, 4.69) is 10.9 Å². The predicted molar refractivity (Wildman–Crippen MR) is 88.7 cm³/mol. The molecule has 0 aliphatic rings. The Hall–Kier alpha value is -2.24. The average molecular weight is 353 g/mol. The summed E-state index contributed by atoms with van der Waals surface area (Å²) in [6, 6.07) is 11.7. The summed E-state index contributed by atoms with van der Waals surface area (Å²) in [6.45, 7) is 1.73. The highest BCUT2D eigenvalue weighted by Crippen LogP contribution is 2.18. The smallest absolute Gasteiger partial charge is 0.276 e. The molecular weight excluding hydrogens is 339 g/mol. The zero-order valence-corrected chi connectivity index (χ0v) is 13.7. The van der Waals surface area contributed by atoms with Crippen LogP contribution in [0, 0.1) is 6.92 Å². The maximum atomic E-state index is 11.9. The van der Waals surface area contributed by atoms with Gasteiger partial charge >= 0.3 is 0 Å². The normalized spacial score (nSPS) is 10.0. The molecule has 2 rings (SSSR count). The van der Waals surface area contributed by atoms with Gasteiger partial charge in [0, 0.05) is 15.6 Å². The Morgan fingerprint density at radius 2 is 1.61 bits per heavy atom. The van der Waals surface area contributed by atoms with Crippen LogP contribution in [-0.4, -0.2) is 18.4 Å². The lowest BCUT2D eigenvalue weighted by atomic mass is 10.2. The standard InChI is InChI=1S/C16H14Cl2N2O3/c1-10-2-4-14(5-3-10)23-9-15(21)19-20-16(22)11-6-12(17)8-13(18)7-11/h2-8H,9H2,1H3,(H,19,21)(H,20,22). The van der Waals surface area contributed by atoms with Crippen molar-refractivity contribution in [3.8, 4) is 5.75 Å². The van der Waals surface area contributed by atoms with Crippen LogP contribution in [0.15, 0.2) is 42.5 Å². The lowest BCUT2D eigenvalue weighted by Crippen LogP contribution is -2.43. The third kappa shape index (κ3) is 5.47. The minimum atomic E-state index is -0.530. The predicted octanol–water partition coefficient (Wildman–Crippen LogP) is 3.14. The van der Waals surface area contributed by atoms with Crippen molar-refractivity contribution in [2.45, 2.75) is 6.92 Å². The van der Waals surface area contributed by atoms with Crippen molar-refractivity contribution in [3.63, 3.8) is 0 Å². The second-order valence-corrected chi connectivity index (χ2v) is 5.64. The second-order valence-electron chi connectivity index (χ2n) is 4.76. The van der Waals surface area contributed by atoms with Crippen molar-refractivity contribution in [2.75, 3.05) is 6.61 Å². The minimum Gasteiger partial charge on any atom is -0.484 e. The summed E-state index contributed by atoms with van der Waals surface area (Å²) in [6.07, 6.45) is 0. The van der Waals surface area contributed by atoms with Crippen LogP contribution in [0.1, 0.15) is 15.9 Å². The zero-order chi connectivity index (χ0) is 16.8. The number of carbonyl (C=O) groups is 2. The number of amides is 2. The van der Waals surface area contributed by atoms with Gasteiger partial charge in [0.05, 0.1) is 0 Å². The van der Waals surface area contributed by atoms with Crippen LogP contribution in [0.5, 0.6) is 5.75 Å². The molecular formula is C16H14Cl2N2O3. The summed E-state index contributed by atoms with van der Waals surface area (Å²) in [5.41, 5.74) is 5.84. The molecule has 2 aromatic rings. The van der Waals surface area contributed by atoms with E-state index in [0.29, 0.717) is 15.8 Å². The van der Waals surface area contributed by atoms with E-state index in [1.165, 1.54) is 18.2 Å². The van der Waals surface area contributed by atoms with Gasteiger partial charge in [0.25, 0.3) is 11.8 Å². The van der Waals surface area contributed by atoms with Gasteiger partial charge in [-0.1, -0.05) is 40.9 Å². The molecule has 7 heteroatoms. The fourth-order valence-corrected chi connectivity index (χ4v) is 2.23. The topological polar surface area (TPSA) is 67.4 Å². The molecule has 0 saturated carbocycles. The fraction of sp³-hybridized carbons (Fsp3) is 0.125. The number of rotatable bonds is 4.